The van der Waals surface area contributed by atoms with E-state index in [0.717, 1.165) is 0 Å². The standard InChI is InChI=1S/C10H13NO4/c1-15-10(14)7-2-3-8(9(13)6-7)11-4-5-12/h2-3,6,9,12-13H,4-5H2,1H3. The number of esters is 1. The number of carbonyl (C=O) groups excluding carboxylic acids is 1. The number of ether oxygens (including phenoxy) is 1. The summed E-state index contributed by atoms with van der Waals surface area (Å²) in [5.74, 6) is -0.494. The van der Waals surface area contributed by atoms with Gasteiger partial charge in [-0.15, -0.1) is 0 Å². The minimum Gasteiger partial charge on any atom is -0.465 e. The van der Waals surface area contributed by atoms with Crippen LogP contribution in [0.25, 0.3) is 0 Å². The molecule has 2 N–H and O–H groups in total. The van der Waals surface area contributed by atoms with Crippen molar-refractivity contribution in [1.82, 2.24) is 0 Å². The van der Waals surface area contributed by atoms with Gasteiger partial charge in [0.15, 0.2) is 0 Å². The number of hydrogen-bond donors (Lipinski definition) is 2. The molecule has 0 heterocycles. The largest absolute Gasteiger partial charge is 0.465 e. The molecule has 0 fully saturated rings. The van der Waals surface area contributed by atoms with Crippen molar-refractivity contribution in [2.24, 2.45) is 4.99 Å². The van der Waals surface area contributed by atoms with Crippen LogP contribution in [0.1, 0.15) is 0 Å². The topological polar surface area (TPSA) is 79.1 Å². The summed E-state index contributed by atoms with van der Waals surface area (Å²) in [6, 6.07) is 0. The van der Waals surface area contributed by atoms with Crippen LogP contribution in [-0.2, 0) is 9.53 Å². The molecule has 0 aliphatic heterocycles. The van der Waals surface area contributed by atoms with Crippen LogP contribution in [0.15, 0.2) is 28.8 Å². The molecule has 1 rings (SSSR count). The van der Waals surface area contributed by atoms with Crippen molar-refractivity contribution in [2.75, 3.05) is 20.3 Å². The first-order valence-corrected chi connectivity index (χ1v) is 4.50. The lowest BCUT2D eigenvalue weighted by Crippen LogP contribution is -2.22. The van der Waals surface area contributed by atoms with Gasteiger partial charge in [-0.3, -0.25) is 4.99 Å². The van der Waals surface area contributed by atoms with Crippen LogP contribution in [-0.4, -0.2) is 48.3 Å². The number of aliphatic hydroxyl groups is 2. The van der Waals surface area contributed by atoms with Gasteiger partial charge in [0.1, 0.15) is 6.10 Å². The molecule has 0 aromatic carbocycles. The van der Waals surface area contributed by atoms with Crippen LogP contribution < -0.4 is 0 Å². The molecule has 0 bridgehead atoms. The monoisotopic (exact) mass is 211 g/mol. The molecule has 0 amide bonds. The highest BCUT2D eigenvalue weighted by Gasteiger charge is 2.17. The second kappa shape index (κ2) is 5.43. The summed E-state index contributed by atoms with van der Waals surface area (Å²) in [4.78, 5) is 15.0. The SMILES string of the molecule is COC(=O)C1=CC(O)C(=NCCO)C=C1. The highest BCUT2D eigenvalue weighted by Crippen LogP contribution is 2.10. The summed E-state index contributed by atoms with van der Waals surface area (Å²) in [6.45, 7) is 0.162. The van der Waals surface area contributed by atoms with Crippen LogP contribution in [0.3, 0.4) is 0 Å². The van der Waals surface area contributed by atoms with E-state index in [2.05, 4.69) is 9.73 Å². The number of rotatable bonds is 3. The number of methoxy groups -OCH3 is 1. The van der Waals surface area contributed by atoms with Crippen molar-refractivity contribution in [2.45, 2.75) is 6.10 Å². The van der Waals surface area contributed by atoms with Gasteiger partial charge in [-0.2, -0.15) is 0 Å². The summed E-state index contributed by atoms with van der Waals surface area (Å²) in [5, 5.41) is 18.1. The van der Waals surface area contributed by atoms with Gasteiger partial charge < -0.3 is 14.9 Å². The third kappa shape index (κ3) is 3.00. The molecule has 1 atom stereocenters. The van der Waals surface area contributed by atoms with E-state index in [0.29, 0.717) is 11.3 Å². The van der Waals surface area contributed by atoms with Crippen LogP contribution in [0.5, 0.6) is 0 Å². The summed E-state index contributed by atoms with van der Waals surface area (Å²) in [6.07, 6.45) is 3.50. The normalized spacial score (nSPS) is 22.7. The average molecular weight is 211 g/mol. The fourth-order valence-electron chi connectivity index (χ4n) is 1.16. The van der Waals surface area contributed by atoms with E-state index in [1.165, 1.54) is 25.3 Å². The maximum atomic E-state index is 11.1. The fraction of sp³-hybridized carbons (Fsp3) is 0.400. The quantitative estimate of drug-likeness (QED) is 0.614. The molecule has 0 aromatic heterocycles. The summed E-state index contributed by atoms with van der Waals surface area (Å²) >= 11 is 0. The molecule has 1 aliphatic rings. The number of aliphatic hydroxyl groups excluding tert-OH is 2. The smallest absolute Gasteiger partial charge is 0.337 e. The highest BCUT2D eigenvalue weighted by molar-refractivity contribution is 6.05. The highest BCUT2D eigenvalue weighted by atomic mass is 16.5. The Morgan fingerprint density at radius 3 is 2.87 bits per heavy atom. The lowest BCUT2D eigenvalue weighted by Gasteiger charge is -2.12. The number of nitrogens with zero attached hydrogens (tertiary/aromatic N) is 1. The van der Waals surface area contributed by atoms with Gasteiger partial charge in [-0.1, -0.05) is 0 Å². The molecule has 5 heteroatoms. The molecule has 1 aliphatic carbocycles. The van der Waals surface area contributed by atoms with Crippen molar-refractivity contribution < 1.29 is 19.7 Å². The minimum absolute atomic E-state index is 0.0718. The number of hydrogen-bond acceptors (Lipinski definition) is 5. The molecule has 82 valence electrons. The van der Waals surface area contributed by atoms with E-state index in [1.807, 2.05) is 0 Å². The molecule has 15 heavy (non-hydrogen) atoms. The van der Waals surface area contributed by atoms with Gasteiger partial charge in [0.25, 0.3) is 0 Å². The zero-order chi connectivity index (χ0) is 11.3. The predicted molar refractivity (Wildman–Crippen MR) is 54.6 cm³/mol. The Bertz CT molecular complexity index is 330. The Kier molecular flexibility index (Phi) is 4.20. The van der Waals surface area contributed by atoms with E-state index in [1.54, 1.807) is 0 Å². The minimum atomic E-state index is -0.921. The van der Waals surface area contributed by atoms with Gasteiger partial charge in [-0.25, -0.2) is 4.79 Å². The first kappa shape index (κ1) is 11.6. The van der Waals surface area contributed by atoms with E-state index >= 15 is 0 Å². The van der Waals surface area contributed by atoms with E-state index in [9.17, 15) is 9.90 Å². The van der Waals surface area contributed by atoms with E-state index in [4.69, 9.17) is 5.11 Å². The third-order valence-corrected chi connectivity index (χ3v) is 1.89. The van der Waals surface area contributed by atoms with E-state index in [-0.39, 0.29) is 13.2 Å². The zero-order valence-corrected chi connectivity index (χ0v) is 8.38. The molecule has 0 spiro atoms. The molecule has 0 aromatic rings. The van der Waals surface area contributed by atoms with Gasteiger partial charge in [-0.05, 0) is 18.2 Å². The second-order valence-electron chi connectivity index (χ2n) is 2.92. The van der Waals surface area contributed by atoms with Crippen LogP contribution in [0.2, 0.25) is 0 Å². The van der Waals surface area contributed by atoms with Crippen molar-refractivity contribution in [3.63, 3.8) is 0 Å². The maximum absolute atomic E-state index is 11.1. The van der Waals surface area contributed by atoms with Crippen molar-refractivity contribution in [3.05, 3.63) is 23.8 Å². The molecule has 0 saturated carbocycles. The Labute approximate surface area is 87.4 Å². The lowest BCUT2D eigenvalue weighted by molar-refractivity contribution is -0.135. The maximum Gasteiger partial charge on any atom is 0.337 e. The fourth-order valence-corrected chi connectivity index (χ4v) is 1.16. The zero-order valence-electron chi connectivity index (χ0n) is 8.38. The van der Waals surface area contributed by atoms with Crippen LogP contribution >= 0.6 is 0 Å². The van der Waals surface area contributed by atoms with Crippen molar-refractivity contribution in [3.8, 4) is 0 Å². The Morgan fingerprint density at radius 2 is 2.33 bits per heavy atom. The Balaban J connectivity index is 2.74. The average Bonchev–Trinajstić information content (AvgIpc) is 2.26. The van der Waals surface area contributed by atoms with Gasteiger partial charge in [0, 0.05) is 0 Å². The van der Waals surface area contributed by atoms with Gasteiger partial charge >= 0.3 is 5.97 Å². The molecular formula is C10H13NO4. The summed E-state index contributed by atoms with van der Waals surface area (Å²) in [7, 11) is 1.28. The summed E-state index contributed by atoms with van der Waals surface area (Å²) in [5.41, 5.74) is 0.727. The van der Waals surface area contributed by atoms with E-state index < -0.39 is 12.1 Å². The molecule has 5 nitrogen and oxygen atoms in total. The first-order valence-electron chi connectivity index (χ1n) is 4.50. The first-order chi connectivity index (χ1) is 7.19. The molecular weight excluding hydrogens is 198 g/mol. The molecule has 0 saturated heterocycles. The third-order valence-electron chi connectivity index (χ3n) is 1.89. The van der Waals surface area contributed by atoms with Crippen LogP contribution in [0.4, 0.5) is 0 Å². The Hall–Kier alpha value is -1.46. The van der Waals surface area contributed by atoms with Crippen molar-refractivity contribution in [1.29, 1.82) is 0 Å². The summed E-state index contributed by atoms with van der Waals surface area (Å²) < 4.78 is 4.50. The molecule has 1 unspecified atom stereocenters. The molecule has 0 radical (unpaired) electrons. The van der Waals surface area contributed by atoms with Crippen molar-refractivity contribution >= 4 is 11.7 Å². The van der Waals surface area contributed by atoms with Gasteiger partial charge in [0.05, 0.1) is 31.5 Å². The predicted octanol–water partition coefficient (Wildman–Crippen LogP) is -0.550. The number of carbonyl (C=O) groups is 1. The van der Waals surface area contributed by atoms with Crippen LogP contribution in [0, 0.1) is 0 Å². The Morgan fingerprint density at radius 1 is 1.60 bits per heavy atom. The van der Waals surface area contributed by atoms with Gasteiger partial charge in [0.2, 0.25) is 0 Å². The number of aliphatic imine (C=N–C) groups is 1. The second-order valence-corrected chi connectivity index (χ2v) is 2.92. The lowest BCUT2D eigenvalue weighted by atomic mass is 10.0.